The number of ketones is 1. The number of amides is 1. The van der Waals surface area contributed by atoms with Crippen molar-refractivity contribution >= 4 is 34.6 Å². The Bertz CT molecular complexity index is 1730. The molecule has 1 aliphatic heterocycles. The van der Waals surface area contributed by atoms with Crippen molar-refractivity contribution in [2.24, 2.45) is 18.9 Å². The fourth-order valence-corrected chi connectivity index (χ4v) is 5.05. The minimum atomic E-state index is -0.897. The van der Waals surface area contributed by atoms with Gasteiger partial charge in [0.2, 0.25) is 11.9 Å². The number of carbonyl (C=O) groups excluding carboxylic acids is 2. The first-order valence-electron chi connectivity index (χ1n) is 12.6. The van der Waals surface area contributed by atoms with E-state index in [0.717, 1.165) is 29.5 Å². The topological polar surface area (TPSA) is 163 Å². The average molecular weight is 531 g/mol. The van der Waals surface area contributed by atoms with Crippen LogP contribution in [0.5, 0.6) is 0 Å². The predicted octanol–water partition coefficient (Wildman–Crippen LogP) is 0.389. The molecule has 3 unspecified atom stereocenters. The van der Waals surface area contributed by atoms with Gasteiger partial charge in [0.15, 0.2) is 17.0 Å². The summed E-state index contributed by atoms with van der Waals surface area (Å²) in [6, 6.07) is -0.897. The molecule has 4 aromatic rings. The Morgan fingerprint density at radius 1 is 1.08 bits per heavy atom. The second kappa shape index (κ2) is 9.22. The number of carbonyl (C=O) groups is 2. The molecule has 14 heteroatoms. The minimum Gasteiger partial charge on any atom is -0.340 e. The van der Waals surface area contributed by atoms with Crippen LogP contribution in [-0.4, -0.2) is 63.4 Å². The van der Waals surface area contributed by atoms with Crippen molar-refractivity contribution in [3.05, 3.63) is 52.0 Å². The Balaban J connectivity index is 1.23. The number of anilines is 2. The molecule has 1 aliphatic carbocycles. The number of piperidine rings is 1. The lowest BCUT2D eigenvalue weighted by Gasteiger charge is -2.17. The summed E-state index contributed by atoms with van der Waals surface area (Å²) < 4.78 is 3.38. The van der Waals surface area contributed by atoms with E-state index in [4.69, 9.17) is 0 Å². The number of aryl methyl sites for hydroxylation is 1. The van der Waals surface area contributed by atoms with Crippen molar-refractivity contribution in [3.8, 4) is 11.3 Å². The molecule has 0 aromatic carbocycles. The third-order valence-corrected chi connectivity index (χ3v) is 7.32. The highest BCUT2D eigenvalue weighted by Crippen LogP contribution is 2.45. The summed E-state index contributed by atoms with van der Waals surface area (Å²) in [4.78, 5) is 74.5. The summed E-state index contributed by atoms with van der Waals surface area (Å²) in [6.07, 6.45) is 8.98. The number of hydrogen-bond donors (Lipinski definition) is 1. The van der Waals surface area contributed by atoms with E-state index in [2.05, 4.69) is 35.1 Å². The van der Waals surface area contributed by atoms with Gasteiger partial charge in [0.25, 0.3) is 5.56 Å². The van der Waals surface area contributed by atoms with Crippen molar-refractivity contribution in [1.82, 2.24) is 38.6 Å². The largest absolute Gasteiger partial charge is 0.340 e. The number of fused-ring (bicyclic) bond motifs is 2. The molecule has 2 aliphatic rings. The molecule has 0 bridgehead atoms. The second-order valence-electron chi connectivity index (χ2n) is 10.1. The van der Waals surface area contributed by atoms with Crippen molar-refractivity contribution in [3.63, 3.8) is 0 Å². The van der Waals surface area contributed by atoms with Crippen LogP contribution in [-0.2, 0) is 23.2 Å². The van der Waals surface area contributed by atoms with E-state index in [9.17, 15) is 19.2 Å². The molecule has 5 heterocycles. The Hall–Kier alpha value is -4.75. The fourth-order valence-electron chi connectivity index (χ4n) is 5.05. The molecule has 4 aromatic heterocycles. The normalized spacial score (nSPS) is 18.7. The summed E-state index contributed by atoms with van der Waals surface area (Å²) in [5, 5.41) is 2.72. The van der Waals surface area contributed by atoms with Crippen LogP contribution in [0, 0.1) is 11.8 Å². The Labute approximate surface area is 221 Å². The molecule has 6 rings (SSSR count). The molecule has 1 amide bonds. The van der Waals surface area contributed by atoms with Crippen molar-refractivity contribution < 1.29 is 9.59 Å². The van der Waals surface area contributed by atoms with E-state index in [-0.39, 0.29) is 29.3 Å². The summed E-state index contributed by atoms with van der Waals surface area (Å²) >= 11 is 0. The quantitative estimate of drug-likeness (QED) is 0.354. The van der Waals surface area contributed by atoms with Gasteiger partial charge >= 0.3 is 5.69 Å². The lowest BCUT2D eigenvalue weighted by molar-refractivity contribution is -0.119. The third kappa shape index (κ3) is 4.36. The van der Waals surface area contributed by atoms with Crippen LogP contribution in [0.1, 0.15) is 26.3 Å². The summed E-state index contributed by atoms with van der Waals surface area (Å²) in [6.45, 7) is 4.49. The van der Waals surface area contributed by atoms with Crippen LogP contribution in [0.2, 0.25) is 0 Å². The lowest BCUT2D eigenvalue weighted by Crippen LogP contribution is -2.41. The number of rotatable bonds is 7. The SMILES string of the molecule is CC(=O)Cn1c(=O)c2c(ncn2C(C)C(=O)Nc2cncc(-c3cnc(N4CC5CC5C4)nc3)n2)n(C)c1=O. The van der Waals surface area contributed by atoms with Gasteiger partial charge in [-0.05, 0) is 32.1 Å². The van der Waals surface area contributed by atoms with Crippen LogP contribution in [0.15, 0.2) is 40.7 Å². The van der Waals surface area contributed by atoms with E-state index in [1.165, 1.54) is 42.1 Å². The fraction of sp³-hybridized carbons (Fsp3) is 0.400. The number of aromatic nitrogens is 8. The standard InChI is InChI=1S/C25H26N10O4/c1-13(36)9-34-23(38)20-21(32(3)25(34)39)29-12-35(20)14(2)22(37)31-19-8-26-7-18(30-19)17-5-27-24(28-6-17)33-10-15-4-16(15)11-33/h5-8,12,14-16H,4,9-11H2,1-3H3,(H,30,31,37). The van der Waals surface area contributed by atoms with Crippen molar-refractivity contribution in [1.29, 1.82) is 0 Å². The van der Waals surface area contributed by atoms with Gasteiger partial charge in [-0.15, -0.1) is 0 Å². The third-order valence-electron chi connectivity index (χ3n) is 7.32. The molecule has 1 saturated carbocycles. The molecule has 14 nitrogen and oxygen atoms in total. The molecular formula is C25H26N10O4. The van der Waals surface area contributed by atoms with E-state index in [0.29, 0.717) is 17.2 Å². The molecule has 39 heavy (non-hydrogen) atoms. The Kier molecular flexibility index (Phi) is 5.81. The lowest BCUT2D eigenvalue weighted by atomic mass is 10.2. The number of Topliss-reactive ketones (excluding diaryl/α,β-unsaturated/α-hetero) is 1. The average Bonchev–Trinajstić information content (AvgIpc) is 3.31. The van der Waals surface area contributed by atoms with Crippen molar-refractivity contribution in [2.75, 3.05) is 23.3 Å². The van der Waals surface area contributed by atoms with Gasteiger partial charge in [0, 0.05) is 38.1 Å². The zero-order chi connectivity index (χ0) is 27.4. The highest BCUT2D eigenvalue weighted by molar-refractivity contribution is 5.93. The van der Waals surface area contributed by atoms with E-state index in [1.54, 1.807) is 25.5 Å². The highest BCUT2D eigenvalue weighted by Gasteiger charge is 2.45. The van der Waals surface area contributed by atoms with Crippen LogP contribution < -0.4 is 21.5 Å². The van der Waals surface area contributed by atoms with Crippen LogP contribution in [0.25, 0.3) is 22.4 Å². The molecule has 0 spiro atoms. The number of nitrogens with one attached hydrogen (secondary N) is 1. The molecule has 3 atom stereocenters. The number of imidazole rings is 1. The van der Waals surface area contributed by atoms with Gasteiger partial charge in [0.05, 0.1) is 31.0 Å². The zero-order valence-electron chi connectivity index (χ0n) is 21.6. The molecular weight excluding hydrogens is 504 g/mol. The van der Waals surface area contributed by atoms with Crippen molar-refractivity contribution in [2.45, 2.75) is 32.9 Å². The maximum atomic E-state index is 13.2. The summed E-state index contributed by atoms with van der Waals surface area (Å²) in [7, 11) is 1.45. The maximum Gasteiger partial charge on any atom is 0.332 e. The van der Waals surface area contributed by atoms with Crippen LogP contribution in [0.3, 0.4) is 0 Å². The van der Waals surface area contributed by atoms with Gasteiger partial charge < -0.3 is 14.8 Å². The molecule has 200 valence electrons. The van der Waals surface area contributed by atoms with Gasteiger partial charge in [-0.3, -0.25) is 28.5 Å². The smallest absolute Gasteiger partial charge is 0.332 e. The first-order chi connectivity index (χ1) is 18.7. The summed E-state index contributed by atoms with van der Waals surface area (Å²) in [5.41, 5.74) is -0.0596. The molecule has 1 saturated heterocycles. The van der Waals surface area contributed by atoms with Crippen LogP contribution in [0.4, 0.5) is 11.8 Å². The van der Waals surface area contributed by atoms with Crippen LogP contribution >= 0.6 is 0 Å². The van der Waals surface area contributed by atoms with Gasteiger partial charge in [0.1, 0.15) is 11.8 Å². The first-order valence-corrected chi connectivity index (χ1v) is 12.6. The summed E-state index contributed by atoms with van der Waals surface area (Å²) in [5.74, 6) is 1.62. The number of hydrogen-bond acceptors (Lipinski definition) is 10. The zero-order valence-corrected chi connectivity index (χ0v) is 21.6. The van der Waals surface area contributed by atoms with E-state index < -0.39 is 23.2 Å². The van der Waals surface area contributed by atoms with Gasteiger partial charge in [-0.2, -0.15) is 0 Å². The van der Waals surface area contributed by atoms with E-state index in [1.807, 2.05) is 0 Å². The molecule has 1 N–H and O–H groups in total. The van der Waals surface area contributed by atoms with Gasteiger partial charge in [-0.1, -0.05) is 0 Å². The van der Waals surface area contributed by atoms with Gasteiger partial charge in [-0.25, -0.2) is 24.7 Å². The van der Waals surface area contributed by atoms with E-state index >= 15 is 0 Å². The molecule has 2 fully saturated rings. The maximum absolute atomic E-state index is 13.2. The molecule has 0 radical (unpaired) electrons. The first kappa shape index (κ1) is 24.6. The minimum absolute atomic E-state index is 0.0355. The second-order valence-corrected chi connectivity index (χ2v) is 10.1. The Morgan fingerprint density at radius 2 is 1.79 bits per heavy atom. The monoisotopic (exact) mass is 530 g/mol. The number of nitrogens with zero attached hydrogens (tertiary/aromatic N) is 9. The Morgan fingerprint density at radius 3 is 2.49 bits per heavy atom. The highest BCUT2D eigenvalue weighted by atomic mass is 16.2. The predicted molar refractivity (Wildman–Crippen MR) is 140 cm³/mol.